The zero-order chi connectivity index (χ0) is 13.3. The summed E-state index contributed by atoms with van der Waals surface area (Å²) in [5.41, 5.74) is 6.11. The lowest BCUT2D eigenvalue weighted by atomic mass is 10.1. The topological polar surface area (TPSA) is 63.4 Å². The Hall–Kier alpha value is -0.980. The molecule has 1 fully saturated rings. The third-order valence-electron chi connectivity index (χ3n) is 3.35. The van der Waals surface area contributed by atoms with E-state index in [0.29, 0.717) is 25.2 Å². The van der Waals surface area contributed by atoms with Crippen molar-refractivity contribution in [3.8, 4) is 0 Å². The minimum atomic E-state index is -3.60. The van der Waals surface area contributed by atoms with E-state index in [1.165, 1.54) is 16.4 Å². The average Bonchev–Trinajstić information content (AvgIpc) is 2.81. The first kappa shape index (κ1) is 13.5. The van der Waals surface area contributed by atoms with E-state index in [1.54, 1.807) is 6.92 Å². The molecule has 4 nitrogen and oxygen atoms in total. The van der Waals surface area contributed by atoms with Crippen LogP contribution in [0.25, 0.3) is 0 Å². The van der Waals surface area contributed by atoms with Crippen molar-refractivity contribution >= 4 is 10.0 Å². The van der Waals surface area contributed by atoms with E-state index in [9.17, 15) is 12.8 Å². The molecule has 18 heavy (non-hydrogen) atoms. The average molecular weight is 272 g/mol. The zero-order valence-corrected chi connectivity index (χ0v) is 11.1. The molecule has 1 aromatic rings. The lowest BCUT2D eigenvalue weighted by Gasteiger charge is -2.17. The fourth-order valence-electron chi connectivity index (χ4n) is 2.20. The number of nitrogens with two attached hydrogens (primary N) is 1. The number of aryl methyl sites for hydroxylation is 1. The van der Waals surface area contributed by atoms with Gasteiger partial charge >= 0.3 is 0 Å². The van der Waals surface area contributed by atoms with Crippen molar-refractivity contribution in [2.24, 2.45) is 11.7 Å². The maximum absolute atomic E-state index is 13.2. The van der Waals surface area contributed by atoms with E-state index in [1.807, 2.05) is 0 Å². The Morgan fingerprint density at radius 3 is 2.83 bits per heavy atom. The maximum Gasteiger partial charge on any atom is 0.243 e. The van der Waals surface area contributed by atoms with Gasteiger partial charge in [0, 0.05) is 13.1 Å². The van der Waals surface area contributed by atoms with Crippen LogP contribution in [0.1, 0.15) is 12.0 Å². The van der Waals surface area contributed by atoms with Gasteiger partial charge in [-0.1, -0.05) is 6.07 Å². The summed E-state index contributed by atoms with van der Waals surface area (Å²) in [5, 5.41) is 0. The molecule has 1 atom stereocenters. The van der Waals surface area contributed by atoms with Crippen molar-refractivity contribution in [3.63, 3.8) is 0 Å². The first-order valence-electron chi connectivity index (χ1n) is 5.91. The fourth-order valence-corrected chi connectivity index (χ4v) is 3.97. The second-order valence-corrected chi connectivity index (χ2v) is 6.57. The quantitative estimate of drug-likeness (QED) is 0.896. The summed E-state index contributed by atoms with van der Waals surface area (Å²) in [6.45, 7) is 3.03. The van der Waals surface area contributed by atoms with E-state index in [0.717, 1.165) is 12.5 Å². The van der Waals surface area contributed by atoms with Crippen LogP contribution in [0.15, 0.2) is 23.1 Å². The number of rotatable bonds is 3. The summed E-state index contributed by atoms with van der Waals surface area (Å²) in [6, 6.07) is 3.83. The highest BCUT2D eigenvalue weighted by molar-refractivity contribution is 7.89. The molecule has 2 N–H and O–H groups in total. The minimum Gasteiger partial charge on any atom is -0.330 e. The van der Waals surface area contributed by atoms with Gasteiger partial charge in [-0.3, -0.25) is 0 Å². The molecule has 0 radical (unpaired) electrons. The second kappa shape index (κ2) is 4.95. The van der Waals surface area contributed by atoms with E-state index >= 15 is 0 Å². The predicted molar refractivity (Wildman–Crippen MR) is 67.1 cm³/mol. The molecule has 0 bridgehead atoms. The molecular formula is C12H17FN2O2S. The molecule has 100 valence electrons. The number of sulfonamides is 1. The Morgan fingerprint density at radius 1 is 1.50 bits per heavy atom. The Kier molecular flexibility index (Phi) is 3.70. The number of benzene rings is 1. The number of hydrogen-bond donors (Lipinski definition) is 1. The molecule has 0 saturated carbocycles. The van der Waals surface area contributed by atoms with Crippen LogP contribution in [0.5, 0.6) is 0 Å². The van der Waals surface area contributed by atoms with Gasteiger partial charge < -0.3 is 5.73 Å². The summed E-state index contributed by atoms with van der Waals surface area (Å²) in [5.74, 6) is -0.331. The van der Waals surface area contributed by atoms with Gasteiger partial charge in [-0.25, -0.2) is 12.8 Å². The first-order chi connectivity index (χ1) is 8.45. The smallest absolute Gasteiger partial charge is 0.243 e. The summed E-state index contributed by atoms with van der Waals surface area (Å²) < 4.78 is 39.4. The molecule has 0 aromatic heterocycles. The van der Waals surface area contributed by atoms with Gasteiger partial charge in [-0.05, 0) is 43.5 Å². The third kappa shape index (κ3) is 2.41. The highest BCUT2D eigenvalue weighted by atomic mass is 32.2. The van der Waals surface area contributed by atoms with Crippen LogP contribution in [0.2, 0.25) is 0 Å². The van der Waals surface area contributed by atoms with Crippen molar-refractivity contribution in [3.05, 3.63) is 29.6 Å². The Labute approximate surface area is 107 Å². The normalized spacial score (nSPS) is 21.4. The van der Waals surface area contributed by atoms with Gasteiger partial charge in [0.15, 0.2) is 0 Å². The summed E-state index contributed by atoms with van der Waals surface area (Å²) in [6.07, 6.45) is 0.768. The Morgan fingerprint density at radius 2 is 2.22 bits per heavy atom. The van der Waals surface area contributed by atoms with Crippen molar-refractivity contribution < 1.29 is 12.8 Å². The van der Waals surface area contributed by atoms with Gasteiger partial charge in [0.25, 0.3) is 0 Å². The van der Waals surface area contributed by atoms with Crippen molar-refractivity contribution in [2.45, 2.75) is 18.2 Å². The molecular weight excluding hydrogens is 255 g/mol. The van der Waals surface area contributed by atoms with Crippen LogP contribution in [0.3, 0.4) is 0 Å². The molecule has 1 aliphatic rings. The summed E-state index contributed by atoms with van der Waals surface area (Å²) in [4.78, 5) is 0.0557. The number of hydrogen-bond acceptors (Lipinski definition) is 3. The lowest BCUT2D eigenvalue weighted by molar-refractivity contribution is 0.458. The number of nitrogens with zero attached hydrogens (tertiary/aromatic N) is 1. The minimum absolute atomic E-state index is 0.0557. The Balaban J connectivity index is 2.34. The molecule has 1 heterocycles. The number of halogens is 1. The highest BCUT2D eigenvalue weighted by Crippen LogP contribution is 2.26. The van der Waals surface area contributed by atoms with Crippen molar-refractivity contribution in [2.75, 3.05) is 19.6 Å². The van der Waals surface area contributed by atoms with Crippen LogP contribution in [-0.2, 0) is 10.0 Å². The second-order valence-electron chi connectivity index (χ2n) is 4.66. The summed E-state index contributed by atoms with van der Waals surface area (Å²) >= 11 is 0. The van der Waals surface area contributed by atoms with Crippen LogP contribution >= 0.6 is 0 Å². The monoisotopic (exact) mass is 272 g/mol. The molecule has 0 spiro atoms. The van der Waals surface area contributed by atoms with Gasteiger partial charge in [0.1, 0.15) is 5.82 Å². The van der Waals surface area contributed by atoms with Crippen LogP contribution in [-0.4, -0.2) is 32.4 Å². The van der Waals surface area contributed by atoms with Crippen LogP contribution < -0.4 is 5.73 Å². The van der Waals surface area contributed by atoms with Gasteiger partial charge in [0.2, 0.25) is 10.0 Å². The van der Waals surface area contributed by atoms with Crippen molar-refractivity contribution in [1.82, 2.24) is 4.31 Å². The van der Waals surface area contributed by atoms with E-state index in [-0.39, 0.29) is 10.8 Å². The molecule has 0 unspecified atom stereocenters. The van der Waals surface area contributed by atoms with E-state index < -0.39 is 15.8 Å². The molecule has 0 aliphatic carbocycles. The third-order valence-corrected chi connectivity index (χ3v) is 5.36. The van der Waals surface area contributed by atoms with Gasteiger partial charge in [-0.15, -0.1) is 0 Å². The molecule has 6 heteroatoms. The van der Waals surface area contributed by atoms with Crippen LogP contribution in [0.4, 0.5) is 4.39 Å². The SMILES string of the molecule is Cc1ccc(F)cc1S(=O)(=O)N1CC[C@H](CN)C1. The predicted octanol–water partition coefficient (Wildman–Crippen LogP) is 1.10. The molecule has 1 aliphatic heterocycles. The fraction of sp³-hybridized carbons (Fsp3) is 0.500. The highest BCUT2D eigenvalue weighted by Gasteiger charge is 2.32. The first-order valence-corrected chi connectivity index (χ1v) is 7.35. The maximum atomic E-state index is 13.2. The van der Waals surface area contributed by atoms with Gasteiger partial charge in [-0.2, -0.15) is 4.31 Å². The molecule has 2 rings (SSSR count). The zero-order valence-electron chi connectivity index (χ0n) is 10.3. The van der Waals surface area contributed by atoms with E-state index in [4.69, 9.17) is 5.73 Å². The molecule has 1 aromatic carbocycles. The molecule has 0 amide bonds. The van der Waals surface area contributed by atoms with Crippen molar-refractivity contribution in [1.29, 1.82) is 0 Å². The Bertz CT molecular complexity index is 545. The molecule has 1 saturated heterocycles. The lowest BCUT2D eigenvalue weighted by Crippen LogP contribution is -2.30. The van der Waals surface area contributed by atoms with E-state index in [2.05, 4.69) is 0 Å². The largest absolute Gasteiger partial charge is 0.330 e. The van der Waals surface area contributed by atoms with Crippen LogP contribution in [0, 0.1) is 18.7 Å². The standard InChI is InChI=1S/C12H17FN2O2S/c1-9-2-3-11(13)6-12(9)18(16,17)15-5-4-10(7-14)8-15/h2-3,6,10H,4-5,7-8,14H2,1H3/t10-/m1/s1. The van der Waals surface area contributed by atoms with Gasteiger partial charge in [0.05, 0.1) is 4.90 Å². The summed E-state index contributed by atoms with van der Waals surface area (Å²) in [7, 11) is -3.60.